The van der Waals surface area contributed by atoms with Gasteiger partial charge in [0.1, 0.15) is 6.71 Å². The fourth-order valence-electron chi connectivity index (χ4n) is 6.35. The lowest BCUT2D eigenvalue weighted by Gasteiger charge is -2.40. The van der Waals surface area contributed by atoms with Crippen LogP contribution >= 0.6 is 0 Å². The van der Waals surface area contributed by atoms with Gasteiger partial charge in [-0.15, -0.1) is 0 Å². The maximum atomic E-state index is 6.37. The lowest BCUT2D eigenvalue weighted by atomic mass is 9.26. The number of unbranched alkanes of at least 4 members (excludes halogenated alkanes) is 8. The minimum Gasteiger partial charge on any atom is -0.417 e. The van der Waals surface area contributed by atoms with Gasteiger partial charge in [-0.3, -0.25) is 0 Å². The van der Waals surface area contributed by atoms with Gasteiger partial charge in [0.25, 0.3) is 0 Å². The molecule has 0 spiro atoms. The summed E-state index contributed by atoms with van der Waals surface area (Å²) in [6, 6.07) is 3.88. The molecule has 2 aliphatic rings. The quantitative estimate of drug-likeness (QED) is 0.183. The number of hydrogen-bond donors (Lipinski definition) is 0. The Hall–Kier alpha value is 0.242. The summed E-state index contributed by atoms with van der Waals surface area (Å²) in [7, 11) is -1.33. The molecule has 1 nitrogen and oxygen atoms in total. The maximum absolute atomic E-state index is 6.37. The van der Waals surface area contributed by atoms with Crippen molar-refractivity contribution in [2.75, 3.05) is 6.61 Å². The summed E-state index contributed by atoms with van der Waals surface area (Å²) in [5.74, 6) is 2.24. The first-order chi connectivity index (χ1) is 13.7. The Balaban J connectivity index is 1.37. The van der Waals surface area contributed by atoms with Crippen LogP contribution in [0.2, 0.25) is 36.1 Å². The van der Waals surface area contributed by atoms with Crippen LogP contribution in [0.25, 0.3) is 0 Å². The zero-order chi connectivity index (χ0) is 20.1. The van der Waals surface area contributed by atoms with Crippen LogP contribution in [-0.4, -0.2) is 21.6 Å². The summed E-state index contributed by atoms with van der Waals surface area (Å²) < 4.78 is 6.37. The average Bonchev–Trinajstić information content (AvgIpc) is 2.72. The summed E-state index contributed by atoms with van der Waals surface area (Å²) in [4.78, 5) is 0. The zero-order valence-electron chi connectivity index (χ0n) is 19.8. The lowest BCUT2D eigenvalue weighted by molar-refractivity contribution is 0.287. The largest absolute Gasteiger partial charge is 0.417 e. The van der Waals surface area contributed by atoms with E-state index in [1.165, 1.54) is 88.8 Å². The fraction of sp³-hybridized carbons (Fsp3) is 1.00. The Labute approximate surface area is 179 Å². The summed E-state index contributed by atoms with van der Waals surface area (Å²) >= 11 is 0. The lowest BCUT2D eigenvalue weighted by Crippen LogP contribution is -2.36. The van der Waals surface area contributed by atoms with Gasteiger partial charge in [0.15, 0.2) is 8.32 Å². The van der Waals surface area contributed by atoms with E-state index >= 15 is 0 Å². The minimum absolute atomic E-state index is 1.03. The molecule has 0 aromatic carbocycles. The van der Waals surface area contributed by atoms with Crippen LogP contribution < -0.4 is 0 Å². The van der Waals surface area contributed by atoms with Gasteiger partial charge in [-0.05, 0) is 24.6 Å². The Morgan fingerprint density at radius 1 is 0.643 bits per heavy atom. The molecule has 0 atom stereocenters. The molecule has 2 fully saturated rings. The molecule has 0 unspecified atom stereocenters. The van der Waals surface area contributed by atoms with Crippen LogP contribution in [0.4, 0.5) is 0 Å². The van der Waals surface area contributed by atoms with Crippen molar-refractivity contribution < 1.29 is 4.43 Å². The standard InChI is InChI=1S/C25H51BOSi/c1-4-28(5-2,6-3)27-23-15-13-11-9-7-8-10-12-14-22-26-24-18-16-19-25(26)21-17-20-24/h24-25H,4-23H2,1-3H3. The molecular weight excluding hydrogens is 355 g/mol. The third-order valence-corrected chi connectivity index (χ3v) is 13.2. The molecule has 3 heteroatoms. The number of hydrogen-bond acceptors (Lipinski definition) is 1. The molecule has 0 aromatic rings. The molecule has 0 aliphatic carbocycles. The molecule has 2 bridgehead atoms. The highest BCUT2D eigenvalue weighted by atomic mass is 28.4. The van der Waals surface area contributed by atoms with Gasteiger partial charge in [-0.2, -0.15) is 0 Å². The topological polar surface area (TPSA) is 9.23 Å². The Morgan fingerprint density at radius 2 is 1.07 bits per heavy atom. The summed E-state index contributed by atoms with van der Waals surface area (Å²) in [6.07, 6.45) is 23.9. The average molecular weight is 407 g/mol. The van der Waals surface area contributed by atoms with Crippen molar-refractivity contribution in [3.63, 3.8) is 0 Å². The molecule has 0 saturated carbocycles. The monoisotopic (exact) mass is 406 g/mol. The van der Waals surface area contributed by atoms with E-state index in [1.807, 2.05) is 0 Å². The van der Waals surface area contributed by atoms with Crippen LogP contribution in [0.5, 0.6) is 0 Å². The third kappa shape index (κ3) is 8.17. The van der Waals surface area contributed by atoms with E-state index in [0.717, 1.165) is 25.0 Å². The van der Waals surface area contributed by atoms with Gasteiger partial charge in [0.05, 0.1) is 0 Å². The van der Waals surface area contributed by atoms with Gasteiger partial charge in [0, 0.05) is 6.61 Å². The molecular formula is C25H51BOSi. The van der Waals surface area contributed by atoms with Crippen molar-refractivity contribution >= 4 is 15.0 Å². The van der Waals surface area contributed by atoms with Crippen LogP contribution in [-0.2, 0) is 4.43 Å². The van der Waals surface area contributed by atoms with Crippen molar-refractivity contribution in [1.29, 1.82) is 0 Å². The van der Waals surface area contributed by atoms with E-state index in [0.29, 0.717) is 0 Å². The van der Waals surface area contributed by atoms with Crippen molar-refractivity contribution in [3.8, 4) is 0 Å². The Morgan fingerprint density at radius 3 is 1.54 bits per heavy atom. The van der Waals surface area contributed by atoms with E-state index in [4.69, 9.17) is 4.43 Å². The SMILES string of the molecule is CC[Si](CC)(CC)OCCCCCCCCCCCB1C2CCCC1CCC2. The molecule has 164 valence electrons. The van der Waals surface area contributed by atoms with Gasteiger partial charge in [0.2, 0.25) is 0 Å². The van der Waals surface area contributed by atoms with E-state index < -0.39 is 8.32 Å². The first-order valence-electron chi connectivity index (χ1n) is 13.4. The Kier molecular flexibility index (Phi) is 12.5. The second kappa shape index (κ2) is 14.3. The number of fused-ring (bicyclic) bond motifs is 2. The van der Waals surface area contributed by atoms with E-state index in [-0.39, 0.29) is 0 Å². The second-order valence-electron chi connectivity index (χ2n) is 10.1. The predicted molar refractivity (Wildman–Crippen MR) is 130 cm³/mol. The van der Waals surface area contributed by atoms with E-state index in [1.54, 1.807) is 32.0 Å². The molecule has 0 N–H and O–H groups in total. The highest BCUT2D eigenvalue weighted by molar-refractivity contribution is 6.73. The van der Waals surface area contributed by atoms with Crippen LogP contribution in [0.1, 0.15) is 117 Å². The first-order valence-corrected chi connectivity index (χ1v) is 15.9. The zero-order valence-corrected chi connectivity index (χ0v) is 20.8. The van der Waals surface area contributed by atoms with Gasteiger partial charge in [-0.1, -0.05) is 129 Å². The molecule has 0 radical (unpaired) electrons. The van der Waals surface area contributed by atoms with Crippen LogP contribution in [0.3, 0.4) is 0 Å². The first kappa shape index (κ1) is 24.5. The molecule has 0 amide bonds. The minimum atomic E-state index is -1.33. The predicted octanol–water partition coefficient (Wildman–Crippen LogP) is 9.12. The molecule has 28 heavy (non-hydrogen) atoms. The molecule has 2 rings (SSSR count). The fourth-order valence-corrected chi connectivity index (χ4v) is 9.04. The summed E-state index contributed by atoms with van der Waals surface area (Å²) in [5.41, 5.74) is 0. The highest BCUT2D eigenvalue weighted by Crippen LogP contribution is 2.48. The number of rotatable bonds is 16. The van der Waals surface area contributed by atoms with Crippen LogP contribution in [0.15, 0.2) is 0 Å². The van der Waals surface area contributed by atoms with E-state index in [9.17, 15) is 0 Å². The van der Waals surface area contributed by atoms with Crippen molar-refractivity contribution in [2.45, 2.75) is 153 Å². The van der Waals surface area contributed by atoms with Crippen LogP contribution in [0, 0.1) is 0 Å². The molecule has 2 saturated heterocycles. The highest BCUT2D eigenvalue weighted by Gasteiger charge is 2.38. The Bertz CT molecular complexity index is 354. The van der Waals surface area contributed by atoms with Gasteiger partial charge in [-0.25, -0.2) is 0 Å². The maximum Gasteiger partial charge on any atom is 0.191 e. The van der Waals surface area contributed by atoms with Crippen molar-refractivity contribution in [3.05, 3.63) is 0 Å². The second-order valence-corrected chi connectivity index (χ2v) is 14.9. The van der Waals surface area contributed by atoms with Crippen molar-refractivity contribution in [1.82, 2.24) is 0 Å². The van der Waals surface area contributed by atoms with Gasteiger partial charge < -0.3 is 4.43 Å². The smallest absolute Gasteiger partial charge is 0.191 e. The summed E-state index contributed by atoms with van der Waals surface area (Å²) in [6.45, 7) is 9.16. The molecule has 2 heterocycles. The normalized spacial score (nSPS) is 22.6. The van der Waals surface area contributed by atoms with Crippen molar-refractivity contribution in [2.24, 2.45) is 0 Å². The molecule has 0 aromatic heterocycles. The van der Waals surface area contributed by atoms with E-state index in [2.05, 4.69) is 20.8 Å². The third-order valence-electron chi connectivity index (χ3n) is 8.53. The molecule has 2 aliphatic heterocycles. The van der Waals surface area contributed by atoms with Gasteiger partial charge >= 0.3 is 0 Å². The summed E-state index contributed by atoms with van der Waals surface area (Å²) in [5, 5.41) is 0.